The fraction of sp³-hybridized carbons (Fsp3) is 0.917. The largest absolute Gasteiger partial charge is 0.353 e. The first-order chi connectivity index (χ1) is 7.46. The second kappa shape index (κ2) is 5.41. The van der Waals surface area contributed by atoms with Crippen LogP contribution in [0.2, 0.25) is 0 Å². The maximum Gasteiger partial charge on any atom is 0.236 e. The lowest BCUT2D eigenvalue weighted by Crippen LogP contribution is -2.52. The monoisotopic (exact) mass is 244 g/mol. The standard InChI is InChI=1S/C12H24N2OS/c1-4-12(13,5-2)9-14-10(15)11(3)7-6-8-16-11/h4-9,13H2,1-3H3,(H,14,15). The minimum Gasteiger partial charge on any atom is -0.353 e. The number of carbonyl (C=O) groups is 1. The van der Waals surface area contributed by atoms with Gasteiger partial charge in [0.15, 0.2) is 0 Å². The zero-order valence-corrected chi connectivity index (χ0v) is 11.5. The molecule has 0 spiro atoms. The van der Waals surface area contributed by atoms with Gasteiger partial charge in [-0.2, -0.15) is 0 Å². The Bertz CT molecular complexity index is 245. The minimum absolute atomic E-state index is 0.159. The fourth-order valence-electron chi connectivity index (χ4n) is 1.90. The number of carbonyl (C=O) groups excluding carboxylic acids is 1. The van der Waals surface area contributed by atoms with Crippen LogP contribution in [0.1, 0.15) is 46.5 Å². The molecule has 1 aliphatic heterocycles. The van der Waals surface area contributed by atoms with Gasteiger partial charge in [0, 0.05) is 12.1 Å². The van der Waals surface area contributed by atoms with Gasteiger partial charge in [0.2, 0.25) is 5.91 Å². The third-order valence-corrected chi connectivity index (χ3v) is 5.23. The highest BCUT2D eigenvalue weighted by molar-refractivity contribution is 8.01. The van der Waals surface area contributed by atoms with Crippen molar-refractivity contribution in [3.05, 3.63) is 0 Å². The highest BCUT2D eigenvalue weighted by Gasteiger charge is 2.37. The summed E-state index contributed by atoms with van der Waals surface area (Å²) >= 11 is 1.77. The lowest BCUT2D eigenvalue weighted by molar-refractivity contribution is -0.123. The quantitative estimate of drug-likeness (QED) is 0.776. The summed E-state index contributed by atoms with van der Waals surface area (Å²) in [4.78, 5) is 12.1. The molecule has 0 aromatic rings. The zero-order chi connectivity index (χ0) is 12.2. The molecule has 4 heteroatoms. The molecule has 1 fully saturated rings. The lowest BCUT2D eigenvalue weighted by atomic mass is 9.94. The Hall–Kier alpha value is -0.220. The minimum atomic E-state index is -0.241. The van der Waals surface area contributed by atoms with Crippen molar-refractivity contribution in [1.29, 1.82) is 0 Å². The molecule has 1 atom stereocenters. The fourth-order valence-corrected chi connectivity index (χ4v) is 3.13. The van der Waals surface area contributed by atoms with E-state index in [2.05, 4.69) is 19.2 Å². The van der Waals surface area contributed by atoms with Crippen molar-refractivity contribution in [1.82, 2.24) is 5.32 Å². The molecule has 1 aliphatic rings. The molecule has 1 amide bonds. The highest BCUT2D eigenvalue weighted by atomic mass is 32.2. The van der Waals surface area contributed by atoms with Crippen molar-refractivity contribution in [2.24, 2.45) is 5.73 Å². The molecule has 0 aromatic heterocycles. The first kappa shape index (κ1) is 13.8. The van der Waals surface area contributed by atoms with E-state index in [1.54, 1.807) is 11.8 Å². The molecular weight excluding hydrogens is 220 g/mol. The van der Waals surface area contributed by atoms with E-state index in [1.807, 2.05) is 6.92 Å². The molecule has 0 aliphatic carbocycles. The van der Waals surface area contributed by atoms with Gasteiger partial charge in [-0.05, 0) is 38.4 Å². The molecule has 1 heterocycles. The van der Waals surface area contributed by atoms with E-state index in [9.17, 15) is 4.79 Å². The Morgan fingerprint density at radius 3 is 2.56 bits per heavy atom. The maximum absolute atomic E-state index is 12.1. The average molecular weight is 244 g/mol. The number of nitrogens with two attached hydrogens (primary N) is 1. The van der Waals surface area contributed by atoms with Gasteiger partial charge in [-0.15, -0.1) is 11.8 Å². The first-order valence-corrected chi connectivity index (χ1v) is 7.15. The van der Waals surface area contributed by atoms with Gasteiger partial charge >= 0.3 is 0 Å². The first-order valence-electron chi connectivity index (χ1n) is 6.17. The zero-order valence-electron chi connectivity index (χ0n) is 10.6. The van der Waals surface area contributed by atoms with Gasteiger partial charge in [-0.1, -0.05) is 13.8 Å². The van der Waals surface area contributed by atoms with Crippen LogP contribution in [0.4, 0.5) is 0 Å². The Morgan fingerprint density at radius 1 is 1.50 bits per heavy atom. The number of hydrogen-bond acceptors (Lipinski definition) is 3. The molecule has 3 N–H and O–H groups in total. The molecule has 94 valence electrons. The van der Waals surface area contributed by atoms with Crippen LogP contribution in [-0.4, -0.2) is 28.5 Å². The second-order valence-corrected chi connectivity index (χ2v) is 6.53. The van der Waals surface area contributed by atoms with E-state index in [0.717, 1.165) is 31.4 Å². The van der Waals surface area contributed by atoms with Crippen molar-refractivity contribution in [3.8, 4) is 0 Å². The number of hydrogen-bond donors (Lipinski definition) is 2. The van der Waals surface area contributed by atoms with Gasteiger partial charge in [0.25, 0.3) is 0 Å². The molecule has 0 radical (unpaired) electrons. The Morgan fingerprint density at radius 2 is 2.12 bits per heavy atom. The SMILES string of the molecule is CCC(N)(CC)CNC(=O)C1(C)CCCS1. The summed E-state index contributed by atoms with van der Waals surface area (Å²) in [5.74, 6) is 1.26. The van der Waals surface area contributed by atoms with Crippen LogP contribution in [0.25, 0.3) is 0 Å². The number of amides is 1. The van der Waals surface area contributed by atoms with Gasteiger partial charge in [0.1, 0.15) is 0 Å². The van der Waals surface area contributed by atoms with Crippen LogP contribution >= 0.6 is 11.8 Å². The molecular formula is C12H24N2OS. The van der Waals surface area contributed by atoms with E-state index < -0.39 is 0 Å². The molecule has 0 bridgehead atoms. The normalized spacial score (nSPS) is 25.8. The molecule has 0 saturated carbocycles. The molecule has 1 unspecified atom stereocenters. The molecule has 16 heavy (non-hydrogen) atoms. The van der Waals surface area contributed by atoms with Crippen molar-refractivity contribution in [3.63, 3.8) is 0 Å². The number of thioether (sulfide) groups is 1. The van der Waals surface area contributed by atoms with E-state index >= 15 is 0 Å². The van der Waals surface area contributed by atoms with Gasteiger partial charge in [-0.3, -0.25) is 4.79 Å². The molecule has 0 aromatic carbocycles. The summed E-state index contributed by atoms with van der Waals surface area (Å²) in [5, 5.41) is 3.02. The summed E-state index contributed by atoms with van der Waals surface area (Å²) in [6, 6.07) is 0. The van der Waals surface area contributed by atoms with Gasteiger partial charge in [0.05, 0.1) is 4.75 Å². The van der Waals surface area contributed by atoms with E-state index in [1.165, 1.54) is 0 Å². The van der Waals surface area contributed by atoms with Crippen molar-refractivity contribution in [2.45, 2.75) is 56.7 Å². The predicted molar refractivity (Wildman–Crippen MR) is 70.6 cm³/mol. The van der Waals surface area contributed by atoms with E-state index in [0.29, 0.717) is 6.54 Å². The Balaban J connectivity index is 2.46. The topological polar surface area (TPSA) is 55.1 Å². The van der Waals surface area contributed by atoms with Crippen LogP contribution in [0, 0.1) is 0 Å². The van der Waals surface area contributed by atoms with Gasteiger partial charge < -0.3 is 11.1 Å². The summed E-state index contributed by atoms with van der Waals surface area (Å²) in [7, 11) is 0. The predicted octanol–water partition coefficient (Wildman–Crippen LogP) is 1.91. The van der Waals surface area contributed by atoms with Crippen LogP contribution in [0.5, 0.6) is 0 Å². The summed E-state index contributed by atoms with van der Waals surface area (Å²) in [5.41, 5.74) is 5.92. The van der Waals surface area contributed by atoms with Crippen molar-refractivity contribution in [2.75, 3.05) is 12.3 Å². The van der Waals surface area contributed by atoms with Crippen LogP contribution in [-0.2, 0) is 4.79 Å². The summed E-state index contributed by atoms with van der Waals surface area (Å²) in [6.45, 7) is 6.77. The van der Waals surface area contributed by atoms with Crippen LogP contribution in [0.15, 0.2) is 0 Å². The lowest BCUT2D eigenvalue weighted by Gasteiger charge is -2.29. The van der Waals surface area contributed by atoms with Crippen molar-refractivity contribution >= 4 is 17.7 Å². The maximum atomic E-state index is 12.1. The number of rotatable bonds is 5. The summed E-state index contributed by atoms with van der Waals surface area (Å²) < 4.78 is -0.220. The Labute approximate surface area is 103 Å². The molecule has 1 saturated heterocycles. The Kier molecular flexibility index (Phi) is 4.68. The summed E-state index contributed by atoms with van der Waals surface area (Å²) in [6.07, 6.45) is 3.92. The van der Waals surface area contributed by atoms with Gasteiger partial charge in [-0.25, -0.2) is 0 Å². The molecule has 3 nitrogen and oxygen atoms in total. The molecule has 1 rings (SSSR count). The van der Waals surface area contributed by atoms with E-state index in [-0.39, 0.29) is 16.2 Å². The third kappa shape index (κ3) is 3.14. The number of nitrogens with one attached hydrogen (secondary N) is 1. The van der Waals surface area contributed by atoms with Crippen LogP contribution in [0.3, 0.4) is 0 Å². The third-order valence-electron chi connectivity index (χ3n) is 3.71. The smallest absolute Gasteiger partial charge is 0.236 e. The van der Waals surface area contributed by atoms with Crippen molar-refractivity contribution < 1.29 is 4.79 Å². The highest BCUT2D eigenvalue weighted by Crippen LogP contribution is 2.37. The second-order valence-electron chi connectivity index (χ2n) is 4.94. The van der Waals surface area contributed by atoms with E-state index in [4.69, 9.17) is 5.73 Å². The average Bonchev–Trinajstić information content (AvgIpc) is 2.74. The van der Waals surface area contributed by atoms with Crippen LogP contribution < -0.4 is 11.1 Å².